The van der Waals surface area contributed by atoms with Crippen LogP contribution in [-0.4, -0.2) is 38.1 Å². The molecule has 0 saturated carbocycles. The average Bonchev–Trinajstić information content (AvgIpc) is 3.64. The summed E-state index contributed by atoms with van der Waals surface area (Å²) in [5, 5.41) is 9.20. The molecule has 3 aromatic carbocycles. The minimum Gasteiger partial charge on any atom is -0.299 e. The zero-order valence-electron chi connectivity index (χ0n) is 21.7. The molecule has 39 heavy (non-hydrogen) atoms. The molecule has 0 bridgehead atoms. The second-order valence-corrected chi connectivity index (χ2v) is 10.5. The Morgan fingerprint density at radius 1 is 0.923 bits per heavy atom. The molecule has 1 fully saturated rings. The van der Waals surface area contributed by atoms with Gasteiger partial charge in [-0.1, -0.05) is 54.6 Å². The molecule has 7 rings (SSSR count). The average molecular weight is 509 g/mol. The largest absolute Gasteiger partial charge is 0.299 e. The third kappa shape index (κ3) is 4.62. The molecule has 0 atom stereocenters. The van der Waals surface area contributed by atoms with Crippen LogP contribution in [0.3, 0.4) is 0 Å². The lowest BCUT2D eigenvalue weighted by molar-refractivity contribution is 0.201. The highest BCUT2D eigenvalue weighted by atomic mass is 15.1. The Morgan fingerprint density at radius 3 is 2.54 bits per heavy atom. The van der Waals surface area contributed by atoms with Crippen LogP contribution >= 0.6 is 0 Å². The summed E-state index contributed by atoms with van der Waals surface area (Å²) in [6.07, 6.45) is 8.99. The van der Waals surface area contributed by atoms with Gasteiger partial charge in [-0.25, -0.2) is 9.97 Å². The molecule has 0 spiro atoms. The minimum atomic E-state index is 0.529. The van der Waals surface area contributed by atoms with Gasteiger partial charge in [0.15, 0.2) is 0 Å². The quantitative estimate of drug-likeness (QED) is 0.273. The van der Waals surface area contributed by atoms with Gasteiger partial charge in [0.2, 0.25) is 5.78 Å². The number of hydrogen-bond donors (Lipinski definition) is 0. The normalized spacial score (nSPS) is 15.7. The first kappa shape index (κ1) is 23.5. The second-order valence-electron chi connectivity index (χ2n) is 10.5. The monoisotopic (exact) mass is 508 g/mol. The molecule has 0 radical (unpaired) electrons. The fraction of sp³-hybridized carbons (Fsp3) is 0.212. The Kier molecular flexibility index (Phi) is 5.99. The number of piperidine rings is 1. The van der Waals surface area contributed by atoms with E-state index in [1.165, 1.54) is 16.8 Å². The van der Waals surface area contributed by atoms with E-state index in [9.17, 15) is 5.26 Å². The Bertz CT molecular complexity index is 1720. The van der Waals surface area contributed by atoms with E-state index in [1.807, 2.05) is 34.9 Å². The van der Waals surface area contributed by atoms with Crippen molar-refractivity contribution in [2.45, 2.75) is 25.8 Å². The molecule has 6 nitrogen and oxygen atoms in total. The van der Waals surface area contributed by atoms with Crippen LogP contribution in [-0.2, 0) is 13.0 Å². The highest BCUT2D eigenvalue weighted by Gasteiger charge is 2.27. The first-order valence-electron chi connectivity index (χ1n) is 13.5. The SMILES string of the molecule is N#Cc1ccc2c(c1)CC(C1CCN(Cc3ccc(-c4nc5nccn5cc4-c4ccccc4)cc3)CC1)=N2. The third-order valence-electron chi connectivity index (χ3n) is 8.00. The number of rotatable bonds is 5. The lowest BCUT2D eigenvalue weighted by Gasteiger charge is -2.32. The molecule has 5 aromatic rings. The van der Waals surface area contributed by atoms with Crippen molar-refractivity contribution in [3.8, 4) is 28.5 Å². The first-order chi connectivity index (χ1) is 19.2. The van der Waals surface area contributed by atoms with Crippen molar-refractivity contribution in [3.63, 3.8) is 0 Å². The maximum atomic E-state index is 9.20. The number of nitrogens with zero attached hydrogens (tertiary/aromatic N) is 6. The summed E-state index contributed by atoms with van der Waals surface area (Å²) in [6, 6.07) is 27.4. The number of imidazole rings is 1. The molecule has 0 aliphatic carbocycles. The fourth-order valence-corrected chi connectivity index (χ4v) is 5.88. The number of aliphatic imine (C=N–C) groups is 1. The van der Waals surface area contributed by atoms with Crippen LogP contribution in [0.1, 0.15) is 29.5 Å². The van der Waals surface area contributed by atoms with Crippen molar-refractivity contribution in [3.05, 3.63) is 108 Å². The van der Waals surface area contributed by atoms with Gasteiger partial charge in [-0.3, -0.25) is 14.3 Å². The molecule has 2 aliphatic rings. The highest BCUT2D eigenvalue weighted by Crippen LogP contribution is 2.34. The predicted octanol–water partition coefficient (Wildman–Crippen LogP) is 6.48. The smallest absolute Gasteiger partial charge is 0.234 e. The number of benzene rings is 3. The highest BCUT2D eigenvalue weighted by molar-refractivity contribution is 5.95. The molecule has 0 amide bonds. The Hall–Kier alpha value is -4.60. The Labute approximate surface area is 227 Å². The van der Waals surface area contributed by atoms with E-state index >= 15 is 0 Å². The number of likely N-dealkylation sites (tertiary alicyclic amines) is 1. The maximum Gasteiger partial charge on any atom is 0.234 e. The van der Waals surface area contributed by atoms with Crippen LogP contribution in [0, 0.1) is 17.2 Å². The predicted molar refractivity (Wildman–Crippen MR) is 154 cm³/mol. The van der Waals surface area contributed by atoms with Crippen LogP contribution in [0.25, 0.3) is 28.2 Å². The summed E-state index contributed by atoms with van der Waals surface area (Å²) < 4.78 is 1.98. The topological polar surface area (TPSA) is 69.6 Å². The summed E-state index contributed by atoms with van der Waals surface area (Å²) in [5.41, 5.74) is 9.86. The van der Waals surface area contributed by atoms with E-state index in [2.05, 4.69) is 70.7 Å². The van der Waals surface area contributed by atoms with E-state index in [0.717, 1.165) is 72.5 Å². The zero-order chi connectivity index (χ0) is 26.2. The fourth-order valence-electron chi connectivity index (χ4n) is 5.88. The van der Waals surface area contributed by atoms with Gasteiger partial charge in [0.25, 0.3) is 0 Å². The maximum absolute atomic E-state index is 9.20. The molecule has 0 unspecified atom stereocenters. The van der Waals surface area contributed by atoms with Crippen molar-refractivity contribution in [1.82, 2.24) is 19.3 Å². The molecular weight excluding hydrogens is 480 g/mol. The van der Waals surface area contributed by atoms with Crippen molar-refractivity contribution in [2.75, 3.05) is 13.1 Å². The number of aromatic nitrogens is 3. The zero-order valence-corrected chi connectivity index (χ0v) is 21.7. The van der Waals surface area contributed by atoms with E-state index in [1.54, 1.807) is 6.20 Å². The van der Waals surface area contributed by atoms with Gasteiger partial charge in [-0.2, -0.15) is 5.26 Å². The summed E-state index contributed by atoms with van der Waals surface area (Å²) >= 11 is 0. The lowest BCUT2D eigenvalue weighted by Crippen LogP contribution is -2.36. The number of nitriles is 1. The summed E-state index contributed by atoms with van der Waals surface area (Å²) in [4.78, 5) is 16.8. The lowest BCUT2D eigenvalue weighted by atomic mass is 9.89. The molecule has 1 saturated heterocycles. The van der Waals surface area contributed by atoms with E-state index in [-0.39, 0.29) is 0 Å². The summed E-state index contributed by atoms with van der Waals surface area (Å²) in [6.45, 7) is 3.09. The van der Waals surface area contributed by atoms with Gasteiger partial charge in [-0.05, 0) is 60.8 Å². The molecule has 190 valence electrons. The van der Waals surface area contributed by atoms with Gasteiger partial charge in [0.1, 0.15) is 0 Å². The van der Waals surface area contributed by atoms with Crippen molar-refractivity contribution >= 4 is 17.2 Å². The van der Waals surface area contributed by atoms with Crippen LogP contribution in [0.2, 0.25) is 0 Å². The Balaban J connectivity index is 1.03. The summed E-state index contributed by atoms with van der Waals surface area (Å²) in [5.74, 6) is 1.23. The van der Waals surface area contributed by atoms with Gasteiger partial charge in [0.05, 0.1) is 23.0 Å². The first-order valence-corrected chi connectivity index (χ1v) is 13.5. The summed E-state index contributed by atoms with van der Waals surface area (Å²) in [7, 11) is 0. The van der Waals surface area contributed by atoms with Crippen LogP contribution in [0.5, 0.6) is 0 Å². The molecule has 2 aromatic heterocycles. The molecular formula is C33H28N6. The van der Waals surface area contributed by atoms with Gasteiger partial charge in [-0.15, -0.1) is 0 Å². The second kappa shape index (κ2) is 9.94. The van der Waals surface area contributed by atoms with E-state index < -0.39 is 0 Å². The number of fused-ring (bicyclic) bond motifs is 2. The third-order valence-corrected chi connectivity index (χ3v) is 8.00. The molecule has 6 heteroatoms. The van der Waals surface area contributed by atoms with Gasteiger partial charge >= 0.3 is 0 Å². The molecule has 0 N–H and O–H groups in total. The minimum absolute atomic E-state index is 0.529. The number of hydrogen-bond acceptors (Lipinski definition) is 5. The van der Waals surface area contributed by atoms with Crippen LogP contribution in [0.15, 0.2) is 96.4 Å². The standard InChI is InChI=1S/C33H28N6/c34-20-24-8-11-30-28(18-24)19-31(36-30)26-12-15-38(16-13-26)21-23-6-9-27(10-7-23)32-29(25-4-2-1-3-5-25)22-39-17-14-35-33(39)37-32/h1-11,14,17-18,22,26H,12-13,15-16,19,21H2. The van der Waals surface area contributed by atoms with Crippen molar-refractivity contribution < 1.29 is 0 Å². The Morgan fingerprint density at radius 2 is 1.74 bits per heavy atom. The van der Waals surface area contributed by atoms with Crippen LogP contribution < -0.4 is 0 Å². The van der Waals surface area contributed by atoms with Gasteiger partial charge < -0.3 is 0 Å². The molecule has 4 heterocycles. The van der Waals surface area contributed by atoms with E-state index in [4.69, 9.17) is 9.98 Å². The van der Waals surface area contributed by atoms with Crippen LogP contribution in [0.4, 0.5) is 5.69 Å². The van der Waals surface area contributed by atoms with Crippen molar-refractivity contribution in [1.29, 1.82) is 5.26 Å². The van der Waals surface area contributed by atoms with Crippen molar-refractivity contribution in [2.24, 2.45) is 10.9 Å². The van der Waals surface area contributed by atoms with Gasteiger partial charge in [0, 0.05) is 54.3 Å². The molecule has 2 aliphatic heterocycles. The van der Waals surface area contributed by atoms with E-state index in [0.29, 0.717) is 11.7 Å².